The summed E-state index contributed by atoms with van der Waals surface area (Å²) >= 11 is 1.87. The number of thiophene rings is 1. The summed E-state index contributed by atoms with van der Waals surface area (Å²) in [7, 11) is 0. The van der Waals surface area contributed by atoms with Crippen LogP contribution in [0.5, 0.6) is 5.75 Å². The molecule has 0 amide bonds. The highest BCUT2D eigenvalue weighted by Gasteiger charge is 2.26. The van der Waals surface area contributed by atoms with Gasteiger partial charge in [0.05, 0.1) is 0 Å². The zero-order valence-electron chi connectivity index (χ0n) is 12.3. The van der Waals surface area contributed by atoms with Gasteiger partial charge in [-0.1, -0.05) is 37.1 Å². The smallest absolute Gasteiger partial charge is 0.119 e. The van der Waals surface area contributed by atoms with Gasteiger partial charge in [-0.05, 0) is 42.3 Å². The minimum Gasteiger partial charge on any atom is -0.492 e. The van der Waals surface area contributed by atoms with E-state index in [1.165, 1.54) is 30.6 Å². The molecule has 1 atom stereocenters. The first kappa shape index (κ1) is 14.6. The molecule has 112 valence electrons. The van der Waals surface area contributed by atoms with Crippen molar-refractivity contribution in [1.29, 1.82) is 0 Å². The summed E-state index contributed by atoms with van der Waals surface area (Å²) < 4.78 is 5.78. The Kier molecular flexibility index (Phi) is 5.30. The predicted octanol–water partition coefficient (Wildman–Crippen LogP) is 4.65. The molecular formula is C18H23NOS. The maximum atomic E-state index is 5.78. The maximum absolute atomic E-state index is 5.78. The van der Waals surface area contributed by atoms with Gasteiger partial charge >= 0.3 is 0 Å². The first-order chi connectivity index (χ1) is 10.4. The van der Waals surface area contributed by atoms with Crippen molar-refractivity contribution >= 4 is 11.3 Å². The first-order valence-corrected chi connectivity index (χ1v) is 8.76. The lowest BCUT2D eigenvalue weighted by Crippen LogP contribution is -2.30. The molecule has 1 aliphatic carbocycles. The largest absolute Gasteiger partial charge is 0.492 e. The molecule has 1 unspecified atom stereocenters. The van der Waals surface area contributed by atoms with Crippen LogP contribution >= 0.6 is 11.3 Å². The van der Waals surface area contributed by atoms with Gasteiger partial charge in [0.15, 0.2) is 0 Å². The number of rotatable bonds is 7. The Balaban J connectivity index is 1.50. The zero-order chi connectivity index (χ0) is 14.3. The van der Waals surface area contributed by atoms with Gasteiger partial charge in [0.1, 0.15) is 12.4 Å². The SMILES string of the molecule is c1ccc(OCCNC(c2cccs2)C2CCCC2)cc1. The topological polar surface area (TPSA) is 21.3 Å². The number of ether oxygens (including phenoxy) is 1. The van der Waals surface area contributed by atoms with E-state index in [1.54, 1.807) is 0 Å². The maximum Gasteiger partial charge on any atom is 0.119 e. The standard InChI is InChI=1S/C18H23NOS/c1-2-9-16(10-3-1)20-13-12-19-18(15-7-4-5-8-15)17-11-6-14-21-17/h1-3,6,9-11,14-15,18-19H,4-5,7-8,12-13H2. The quantitative estimate of drug-likeness (QED) is 0.752. The lowest BCUT2D eigenvalue weighted by Gasteiger charge is -2.24. The highest BCUT2D eigenvalue weighted by Crippen LogP contribution is 2.37. The normalized spacial score (nSPS) is 17.0. The Morgan fingerprint density at radius 3 is 2.62 bits per heavy atom. The third-order valence-corrected chi connectivity index (χ3v) is 5.15. The van der Waals surface area contributed by atoms with E-state index in [9.17, 15) is 0 Å². The Morgan fingerprint density at radius 1 is 1.10 bits per heavy atom. The fourth-order valence-electron chi connectivity index (χ4n) is 3.16. The fourth-order valence-corrected chi connectivity index (χ4v) is 4.05. The van der Waals surface area contributed by atoms with Crippen molar-refractivity contribution in [3.8, 4) is 5.75 Å². The molecule has 1 fully saturated rings. The van der Waals surface area contributed by atoms with Crippen LogP contribution in [0.1, 0.15) is 36.6 Å². The molecule has 1 heterocycles. The number of nitrogens with one attached hydrogen (secondary N) is 1. The molecule has 3 heteroatoms. The van der Waals surface area contributed by atoms with E-state index in [-0.39, 0.29) is 0 Å². The molecule has 1 aromatic carbocycles. The van der Waals surface area contributed by atoms with Crippen LogP contribution in [-0.2, 0) is 0 Å². The highest BCUT2D eigenvalue weighted by atomic mass is 32.1. The van der Waals surface area contributed by atoms with E-state index in [4.69, 9.17) is 4.74 Å². The third kappa shape index (κ3) is 4.08. The molecule has 1 N–H and O–H groups in total. The summed E-state index contributed by atoms with van der Waals surface area (Å²) in [4.78, 5) is 1.47. The summed E-state index contributed by atoms with van der Waals surface area (Å²) in [5.74, 6) is 1.74. The molecule has 2 nitrogen and oxygen atoms in total. The van der Waals surface area contributed by atoms with Crippen LogP contribution in [0.4, 0.5) is 0 Å². The van der Waals surface area contributed by atoms with Crippen molar-refractivity contribution < 1.29 is 4.74 Å². The van der Waals surface area contributed by atoms with Crippen molar-refractivity contribution in [2.45, 2.75) is 31.7 Å². The summed E-state index contributed by atoms with van der Waals surface area (Å²) in [5.41, 5.74) is 0. The van der Waals surface area contributed by atoms with E-state index >= 15 is 0 Å². The van der Waals surface area contributed by atoms with Crippen molar-refractivity contribution in [2.24, 2.45) is 5.92 Å². The minimum absolute atomic E-state index is 0.506. The number of hydrogen-bond donors (Lipinski definition) is 1. The van der Waals surface area contributed by atoms with E-state index < -0.39 is 0 Å². The number of hydrogen-bond acceptors (Lipinski definition) is 3. The zero-order valence-corrected chi connectivity index (χ0v) is 13.1. The van der Waals surface area contributed by atoms with Gasteiger partial charge in [-0.2, -0.15) is 0 Å². The Bertz CT molecular complexity index is 505. The van der Waals surface area contributed by atoms with Crippen molar-refractivity contribution in [3.63, 3.8) is 0 Å². The molecule has 0 radical (unpaired) electrons. The second-order valence-electron chi connectivity index (χ2n) is 5.65. The van der Waals surface area contributed by atoms with Gasteiger partial charge in [-0.15, -0.1) is 11.3 Å². The van der Waals surface area contributed by atoms with Crippen LogP contribution < -0.4 is 10.1 Å². The van der Waals surface area contributed by atoms with Crippen LogP contribution in [0.15, 0.2) is 47.8 Å². The fraction of sp³-hybridized carbons (Fsp3) is 0.444. The van der Waals surface area contributed by atoms with E-state index in [0.717, 1.165) is 24.8 Å². The van der Waals surface area contributed by atoms with Crippen LogP contribution in [0.3, 0.4) is 0 Å². The van der Waals surface area contributed by atoms with Gasteiger partial charge in [-0.25, -0.2) is 0 Å². The summed E-state index contributed by atoms with van der Waals surface area (Å²) in [5, 5.41) is 5.90. The number of benzene rings is 1. The highest BCUT2D eigenvalue weighted by molar-refractivity contribution is 7.10. The average Bonchev–Trinajstić information content (AvgIpc) is 3.22. The second kappa shape index (κ2) is 7.62. The minimum atomic E-state index is 0.506. The molecule has 1 aromatic heterocycles. The Labute approximate surface area is 131 Å². The van der Waals surface area contributed by atoms with Gasteiger partial charge in [0, 0.05) is 17.5 Å². The molecular weight excluding hydrogens is 278 g/mol. The van der Waals surface area contributed by atoms with Crippen LogP contribution in [0.25, 0.3) is 0 Å². The third-order valence-electron chi connectivity index (χ3n) is 4.20. The Morgan fingerprint density at radius 2 is 1.90 bits per heavy atom. The van der Waals surface area contributed by atoms with Crippen molar-refractivity contribution in [2.75, 3.05) is 13.2 Å². The van der Waals surface area contributed by atoms with Crippen LogP contribution in [0, 0.1) is 5.92 Å². The summed E-state index contributed by atoms with van der Waals surface area (Å²) in [6.07, 6.45) is 5.48. The van der Waals surface area contributed by atoms with E-state index in [2.05, 4.69) is 22.8 Å². The van der Waals surface area contributed by atoms with E-state index in [1.807, 2.05) is 41.7 Å². The molecule has 3 rings (SSSR count). The van der Waals surface area contributed by atoms with Crippen molar-refractivity contribution in [3.05, 3.63) is 52.7 Å². The first-order valence-electron chi connectivity index (χ1n) is 7.88. The Hall–Kier alpha value is -1.32. The molecule has 21 heavy (non-hydrogen) atoms. The lowest BCUT2D eigenvalue weighted by molar-refractivity contribution is 0.287. The van der Waals surface area contributed by atoms with E-state index in [0.29, 0.717) is 6.04 Å². The van der Waals surface area contributed by atoms with Gasteiger partial charge in [0.25, 0.3) is 0 Å². The summed E-state index contributed by atoms with van der Waals surface area (Å²) in [6, 6.07) is 15.0. The molecule has 1 aliphatic rings. The summed E-state index contributed by atoms with van der Waals surface area (Å²) in [6.45, 7) is 1.62. The molecule has 2 aromatic rings. The molecule has 0 bridgehead atoms. The van der Waals surface area contributed by atoms with Crippen LogP contribution in [-0.4, -0.2) is 13.2 Å². The monoisotopic (exact) mass is 301 g/mol. The van der Waals surface area contributed by atoms with Gasteiger partial charge < -0.3 is 10.1 Å². The molecule has 0 spiro atoms. The predicted molar refractivity (Wildman–Crippen MR) is 89.0 cm³/mol. The average molecular weight is 301 g/mol. The second-order valence-corrected chi connectivity index (χ2v) is 6.63. The molecule has 0 saturated heterocycles. The number of para-hydroxylation sites is 1. The van der Waals surface area contributed by atoms with Gasteiger partial charge in [0.2, 0.25) is 0 Å². The molecule has 1 saturated carbocycles. The lowest BCUT2D eigenvalue weighted by atomic mass is 9.97. The van der Waals surface area contributed by atoms with Crippen molar-refractivity contribution in [1.82, 2.24) is 5.32 Å². The van der Waals surface area contributed by atoms with Crippen LogP contribution in [0.2, 0.25) is 0 Å². The van der Waals surface area contributed by atoms with Gasteiger partial charge in [-0.3, -0.25) is 0 Å². The molecule has 0 aliphatic heterocycles.